The Balaban J connectivity index is 2.13. The first-order valence-electron chi connectivity index (χ1n) is 6.93. The monoisotopic (exact) mass is 302 g/mol. The molecule has 1 aliphatic rings. The van der Waals surface area contributed by atoms with E-state index >= 15 is 0 Å². The Morgan fingerprint density at radius 2 is 2.40 bits per heavy atom. The van der Waals surface area contributed by atoms with Crippen molar-refractivity contribution >= 4 is 10.0 Å². The molecule has 114 valence electrons. The molecule has 1 atom stereocenters. The Morgan fingerprint density at radius 3 is 3.10 bits per heavy atom. The van der Waals surface area contributed by atoms with Crippen LogP contribution in [0.4, 0.5) is 0 Å². The molecule has 8 heteroatoms. The van der Waals surface area contributed by atoms with Gasteiger partial charge in [0, 0.05) is 31.8 Å². The van der Waals surface area contributed by atoms with Gasteiger partial charge >= 0.3 is 0 Å². The Kier molecular flexibility index (Phi) is 5.14. The molecule has 0 spiro atoms. The summed E-state index contributed by atoms with van der Waals surface area (Å²) in [6.07, 6.45) is 4.07. The number of sulfonamides is 1. The second kappa shape index (κ2) is 6.66. The van der Waals surface area contributed by atoms with E-state index in [0.717, 1.165) is 19.3 Å². The van der Waals surface area contributed by atoms with Gasteiger partial charge in [0.2, 0.25) is 0 Å². The minimum absolute atomic E-state index is 0.0253. The zero-order valence-corrected chi connectivity index (χ0v) is 12.5. The molecule has 0 aliphatic carbocycles. The lowest BCUT2D eigenvalue weighted by Crippen LogP contribution is -2.43. The molecule has 7 nitrogen and oxygen atoms in total. The molecule has 1 unspecified atom stereocenters. The van der Waals surface area contributed by atoms with Crippen molar-refractivity contribution in [2.24, 2.45) is 5.73 Å². The van der Waals surface area contributed by atoms with Crippen LogP contribution in [0.5, 0.6) is 0 Å². The SMILES string of the molecule is CCCOC1CCCN(S(=O)(=O)c2[nH]ncc2CN)C1. The number of nitrogens with zero attached hydrogens (tertiary/aromatic N) is 2. The van der Waals surface area contributed by atoms with Crippen molar-refractivity contribution in [3.63, 3.8) is 0 Å². The Bertz CT molecular complexity index is 529. The number of hydrogen-bond donors (Lipinski definition) is 2. The lowest BCUT2D eigenvalue weighted by molar-refractivity contribution is 0.0193. The van der Waals surface area contributed by atoms with Crippen LogP contribution in [-0.4, -0.2) is 48.7 Å². The smallest absolute Gasteiger partial charge is 0.260 e. The third-order valence-electron chi connectivity index (χ3n) is 3.39. The fourth-order valence-corrected chi connectivity index (χ4v) is 3.97. The fraction of sp³-hybridized carbons (Fsp3) is 0.750. The quantitative estimate of drug-likeness (QED) is 0.794. The molecule has 20 heavy (non-hydrogen) atoms. The van der Waals surface area contributed by atoms with Crippen molar-refractivity contribution in [1.82, 2.24) is 14.5 Å². The fourth-order valence-electron chi connectivity index (χ4n) is 2.34. The second-order valence-corrected chi connectivity index (χ2v) is 6.80. The van der Waals surface area contributed by atoms with Gasteiger partial charge in [0.05, 0.1) is 12.3 Å². The molecule has 2 heterocycles. The zero-order valence-electron chi connectivity index (χ0n) is 11.7. The number of nitrogens with two attached hydrogens (primary N) is 1. The van der Waals surface area contributed by atoms with Crippen LogP contribution in [0.3, 0.4) is 0 Å². The standard InChI is InChI=1S/C12H22N4O3S/c1-2-6-19-11-4-3-5-16(9-11)20(17,18)12-10(7-13)8-14-15-12/h8,11H,2-7,9,13H2,1H3,(H,14,15). The molecule has 1 saturated heterocycles. The molecule has 1 aromatic heterocycles. The largest absolute Gasteiger partial charge is 0.377 e. The number of hydrogen-bond acceptors (Lipinski definition) is 5. The van der Waals surface area contributed by atoms with Gasteiger partial charge in [-0.25, -0.2) is 8.42 Å². The van der Waals surface area contributed by atoms with Gasteiger partial charge in [-0.15, -0.1) is 0 Å². The van der Waals surface area contributed by atoms with Crippen LogP contribution < -0.4 is 5.73 Å². The topological polar surface area (TPSA) is 101 Å². The van der Waals surface area contributed by atoms with E-state index in [9.17, 15) is 8.42 Å². The van der Waals surface area contributed by atoms with Gasteiger partial charge in [-0.1, -0.05) is 6.92 Å². The maximum absolute atomic E-state index is 12.6. The molecule has 0 aromatic carbocycles. The summed E-state index contributed by atoms with van der Waals surface area (Å²) in [5, 5.41) is 6.44. The highest BCUT2D eigenvalue weighted by Gasteiger charge is 2.32. The van der Waals surface area contributed by atoms with Crippen LogP contribution in [-0.2, 0) is 21.3 Å². The van der Waals surface area contributed by atoms with Gasteiger partial charge in [-0.3, -0.25) is 5.10 Å². The van der Waals surface area contributed by atoms with Crippen LogP contribution >= 0.6 is 0 Å². The highest BCUT2D eigenvalue weighted by Crippen LogP contribution is 2.22. The molecular weight excluding hydrogens is 280 g/mol. The molecule has 0 saturated carbocycles. The van der Waals surface area contributed by atoms with E-state index < -0.39 is 10.0 Å². The van der Waals surface area contributed by atoms with Crippen molar-refractivity contribution in [2.75, 3.05) is 19.7 Å². The Hall–Kier alpha value is -0.960. The number of H-pyrrole nitrogens is 1. The van der Waals surface area contributed by atoms with Gasteiger partial charge in [-0.2, -0.15) is 9.40 Å². The number of aromatic nitrogens is 2. The highest BCUT2D eigenvalue weighted by molar-refractivity contribution is 7.89. The zero-order chi connectivity index (χ0) is 14.6. The van der Waals surface area contributed by atoms with Gasteiger partial charge in [-0.05, 0) is 19.3 Å². The van der Waals surface area contributed by atoms with Gasteiger partial charge in [0.25, 0.3) is 10.0 Å². The van der Waals surface area contributed by atoms with Gasteiger partial charge < -0.3 is 10.5 Å². The van der Waals surface area contributed by atoms with Gasteiger partial charge in [0.1, 0.15) is 0 Å². The average molecular weight is 302 g/mol. The first kappa shape index (κ1) is 15.4. The third-order valence-corrected chi connectivity index (χ3v) is 5.28. The molecule has 0 amide bonds. The molecule has 1 fully saturated rings. The summed E-state index contributed by atoms with van der Waals surface area (Å²) in [4.78, 5) is 0. The van der Waals surface area contributed by atoms with Crippen LogP contribution in [0, 0.1) is 0 Å². The minimum atomic E-state index is -3.56. The molecule has 0 radical (unpaired) electrons. The summed E-state index contributed by atoms with van der Waals surface area (Å²) >= 11 is 0. The summed E-state index contributed by atoms with van der Waals surface area (Å²) in [7, 11) is -3.56. The van der Waals surface area contributed by atoms with E-state index in [2.05, 4.69) is 10.2 Å². The molecule has 1 aromatic rings. The summed E-state index contributed by atoms with van der Waals surface area (Å²) < 4.78 is 32.3. The highest BCUT2D eigenvalue weighted by atomic mass is 32.2. The van der Waals surface area contributed by atoms with Crippen molar-refractivity contribution in [1.29, 1.82) is 0 Å². The summed E-state index contributed by atoms with van der Waals surface area (Å²) in [5.74, 6) is 0. The molecule has 1 aliphatic heterocycles. The van der Waals surface area contributed by atoms with E-state index in [-0.39, 0.29) is 17.7 Å². The normalized spacial score (nSPS) is 21.2. The summed E-state index contributed by atoms with van der Waals surface area (Å²) in [5.41, 5.74) is 6.06. The maximum atomic E-state index is 12.6. The van der Waals surface area contributed by atoms with Crippen molar-refractivity contribution < 1.29 is 13.2 Å². The van der Waals surface area contributed by atoms with Crippen molar-refractivity contribution in [2.45, 2.75) is 43.9 Å². The van der Waals surface area contributed by atoms with Crippen LogP contribution in [0.15, 0.2) is 11.2 Å². The lowest BCUT2D eigenvalue weighted by Gasteiger charge is -2.31. The van der Waals surface area contributed by atoms with E-state index in [0.29, 0.717) is 25.3 Å². The van der Waals surface area contributed by atoms with E-state index in [4.69, 9.17) is 10.5 Å². The summed E-state index contributed by atoms with van der Waals surface area (Å²) in [6.45, 7) is 3.75. The van der Waals surface area contributed by atoms with Crippen LogP contribution in [0.25, 0.3) is 0 Å². The van der Waals surface area contributed by atoms with E-state index in [1.54, 1.807) is 0 Å². The number of nitrogens with one attached hydrogen (secondary N) is 1. The predicted octanol–water partition coefficient (Wildman–Crippen LogP) is 0.448. The van der Waals surface area contributed by atoms with Crippen molar-refractivity contribution in [3.8, 4) is 0 Å². The van der Waals surface area contributed by atoms with Crippen molar-refractivity contribution in [3.05, 3.63) is 11.8 Å². The van der Waals surface area contributed by atoms with Crippen LogP contribution in [0.2, 0.25) is 0 Å². The molecular formula is C12H22N4O3S. The summed E-state index contributed by atoms with van der Waals surface area (Å²) in [6, 6.07) is 0. The average Bonchev–Trinajstić information content (AvgIpc) is 2.94. The maximum Gasteiger partial charge on any atom is 0.260 e. The Labute approximate surface area is 119 Å². The number of rotatable bonds is 6. The second-order valence-electron chi connectivity index (χ2n) is 4.93. The Morgan fingerprint density at radius 1 is 1.60 bits per heavy atom. The molecule has 0 bridgehead atoms. The van der Waals surface area contributed by atoms with E-state index in [1.165, 1.54) is 10.5 Å². The number of piperidine rings is 1. The number of aromatic amines is 1. The first-order chi connectivity index (χ1) is 9.59. The van der Waals surface area contributed by atoms with E-state index in [1.807, 2.05) is 6.92 Å². The third kappa shape index (κ3) is 3.20. The first-order valence-corrected chi connectivity index (χ1v) is 8.37. The van der Waals surface area contributed by atoms with Gasteiger partial charge in [0.15, 0.2) is 5.03 Å². The molecule has 2 rings (SSSR count). The minimum Gasteiger partial charge on any atom is -0.377 e. The van der Waals surface area contributed by atoms with Crippen LogP contribution in [0.1, 0.15) is 31.7 Å². The predicted molar refractivity (Wildman–Crippen MR) is 74.5 cm³/mol. The molecule has 3 N–H and O–H groups in total. The number of ether oxygens (including phenoxy) is 1. The lowest BCUT2D eigenvalue weighted by atomic mass is 10.1.